The average Bonchev–Trinajstić information content (AvgIpc) is 2.58. The number of nitrogen functional groups attached to an aromatic ring is 1. The zero-order chi connectivity index (χ0) is 13.2. The molecule has 0 saturated heterocycles. The first-order chi connectivity index (χ1) is 7.74. The maximum Gasteiger partial charge on any atom is 0.304 e. The summed E-state index contributed by atoms with van der Waals surface area (Å²) in [4.78, 5) is 9.84. The quantitative estimate of drug-likeness (QED) is 0.620. The molecule has 9 heteroatoms. The van der Waals surface area contributed by atoms with Crippen LogP contribution in [0.3, 0.4) is 0 Å². The van der Waals surface area contributed by atoms with Gasteiger partial charge in [0, 0.05) is 12.6 Å². The van der Waals surface area contributed by atoms with Crippen LogP contribution < -0.4 is 10.5 Å². The second kappa shape index (κ2) is 4.98. The molecule has 0 radical (unpaired) electrons. The smallest absolute Gasteiger partial charge is 0.304 e. The first-order valence-corrected chi connectivity index (χ1v) is 7.07. The van der Waals surface area contributed by atoms with Crippen molar-refractivity contribution in [3.8, 4) is 0 Å². The van der Waals surface area contributed by atoms with Crippen LogP contribution in [-0.2, 0) is 10.0 Å². The molecule has 0 amide bonds. The van der Waals surface area contributed by atoms with E-state index in [0.717, 1.165) is 6.07 Å². The highest BCUT2D eigenvalue weighted by Gasteiger charge is 2.24. The summed E-state index contributed by atoms with van der Waals surface area (Å²) in [7, 11) is -3.71. The number of nitrogens with two attached hydrogens (primary N) is 1. The molecule has 1 heterocycles. The third-order valence-electron chi connectivity index (χ3n) is 1.86. The Labute approximate surface area is 103 Å². The van der Waals surface area contributed by atoms with Crippen LogP contribution in [-0.4, -0.2) is 19.9 Å². The minimum absolute atomic E-state index is 0.111. The number of nitrogens with zero attached hydrogens (tertiary/aromatic N) is 1. The fourth-order valence-electron chi connectivity index (χ4n) is 0.995. The van der Waals surface area contributed by atoms with Crippen LogP contribution in [0.25, 0.3) is 0 Å². The number of nitrogens with one attached hydrogen (secondary N) is 1. The zero-order valence-corrected chi connectivity index (χ0v) is 11.0. The van der Waals surface area contributed by atoms with E-state index in [1.807, 2.05) is 13.8 Å². The number of hydrogen-bond acceptors (Lipinski definition) is 6. The molecule has 0 unspecified atom stereocenters. The number of nitro groups is 1. The van der Waals surface area contributed by atoms with Gasteiger partial charge in [-0.1, -0.05) is 25.2 Å². The minimum Gasteiger partial charge on any atom is -0.385 e. The van der Waals surface area contributed by atoms with E-state index < -0.39 is 14.9 Å². The van der Waals surface area contributed by atoms with Crippen LogP contribution in [0.5, 0.6) is 0 Å². The lowest BCUT2D eigenvalue weighted by atomic mass is 10.2. The van der Waals surface area contributed by atoms with Crippen molar-refractivity contribution in [3.05, 3.63) is 16.2 Å². The maximum absolute atomic E-state index is 11.7. The molecule has 0 aromatic carbocycles. The molecule has 0 aliphatic heterocycles. The number of sulfonamides is 1. The topological polar surface area (TPSA) is 115 Å². The number of anilines is 1. The Morgan fingerprint density at radius 2 is 2.18 bits per heavy atom. The van der Waals surface area contributed by atoms with Crippen LogP contribution in [0.15, 0.2) is 10.3 Å². The van der Waals surface area contributed by atoms with E-state index in [1.165, 1.54) is 0 Å². The molecular formula is C8H13N3O4S2. The highest BCUT2D eigenvalue weighted by atomic mass is 32.2. The third-order valence-corrected chi connectivity index (χ3v) is 4.71. The number of thiophene rings is 1. The van der Waals surface area contributed by atoms with Crippen molar-refractivity contribution >= 4 is 32.0 Å². The molecule has 0 spiro atoms. The van der Waals surface area contributed by atoms with E-state index in [0.29, 0.717) is 11.3 Å². The molecular weight excluding hydrogens is 266 g/mol. The van der Waals surface area contributed by atoms with Gasteiger partial charge >= 0.3 is 5.69 Å². The molecule has 0 bridgehead atoms. The summed E-state index contributed by atoms with van der Waals surface area (Å²) in [6.45, 7) is 3.98. The van der Waals surface area contributed by atoms with Crippen LogP contribution in [0, 0.1) is 16.0 Å². The number of rotatable bonds is 5. The van der Waals surface area contributed by atoms with Gasteiger partial charge in [-0.3, -0.25) is 10.1 Å². The molecule has 7 nitrogen and oxygen atoms in total. The van der Waals surface area contributed by atoms with Crippen molar-refractivity contribution in [1.82, 2.24) is 4.72 Å². The molecule has 0 saturated carbocycles. The van der Waals surface area contributed by atoms with Crippen LogP contribution in [0.4, 0.5) is 10.7 Å². The fourth-order valence-corrected chi connectivity index (χ4v) is 3.47. The van der Waals surface area contributed by atoms with E-state index >= 15 is 0 Å². The fraction of sp³-hybridized carbons (Fsp3) is 0.500. The van der Waals surface area contributed by atoms with Gasteiger partial charge in [0.1, 0.15) is 4.21 Å². The Balaban J connectivity index is 3.00. The maximum atomic E-state index is 11.7. The van der Waals surface area contributed by atoms with Gasteiger partial charge in [-0.25, -0.2) is 13.1 Å². The van der Waals surface area contributed by atoms with Gasteiger partial charge in [-0.2, -0.15) is 0 Å². The molecule has 3 N–H and O–H groups in total. The molecule has 1 aromatic rings. The second-order valence-electron chi connectivity index (χ2n) is 3.82. The first-order valence-electron chi connectivity index (χ1n) is 4.77. The lowest BCUT2D eigenvalue weighted by molar-refractivity contribution is -0.383. The Morgan fingerprint density at radius 1 is 1.59 bits per heavy atom. The second-order valence-corrected chi connectivity index (χ2v) is 6.90. The van der Waals surface area contributed by atoms with Gasteiger partial charge in [-0.15, -0.1) is 0 Å². The molecule has 0 fully saturated rings. The predicted molar refractivity (Wildman–Crippen MR) is 65.4 cm³/mol. The predicted octanol–water partition coefficient (Wildman–Crippen LogP) is 1.17. The van der Waals surface area contributed by atoms with Gasteiger partial charge in [0.15, 0.2) is 5.00 Å². The van der Waals surface area contributed by atoms with E-state index in [1.54, 1.807) is 0 Å². The minimum atomic E-state index is -3.71. The van der Waals surface area contributed by atoms with E-state index in [2.05, 4.69) is 4.72 Å². The average molecular weight is 279 g/mol. The highest BCUT2D eigenvalue weighted by molar-refractivity contribution is 7.91. The van der Waals surface area contributed by atoms with Gasteiger partial charge in [0.05, 0.1) is 4.92 Å². The van der Waals surface area contributed by atoms with E-state index in [9.17, 15) is 18.5 Å². The van der Waals surface area contributed by atoms with E-state index in [4.69, 9.17) is 5.73 Å². The molecule has 1 aromatic heterocycles. The number of hydrogen-bond donors (Lipinski definition) is 2. The summed E-state index contributed by atoms with van der Waals surface area (Å²) >= 11 is 0.687. The lowest BCUT2D eigenvalue weighted by Gasteiger charge is -2.06. The monoisotopic (exact) mass is 279 g/mol. The summed E-state index contributed by atoms with van der Waals surface area (Å²) in [5.74, 6) is 0.150. The van der Waals surface area contributed by atoms with E-state index in [-0.39, 0.29) is 27.4 Å². The van der Waals surface area contributed by atoms with Gasteiger partial charge < -0.3 is 5.73 Å². The zero-order valence-electron chi connectivity index (χ0n) is 9.34. The van der Waals surface area contributed by atoms with Crippen molar-refractivity contribution in [1.29, 1.82) is 0 Å². The van der Waals surface area contributed by atoms with Gasteiger partial charge in [-0.05, 0) is 5.92 Å². The largest absolute Gasteiger partial charge is 0.385 e. The molecule has 0 atom stereocenters. The van der Waals surface area contributed by atoms with Crippen LogP contribution >= 0.6 is 11.3 Å². The van der Waals surface area contributed by atoms with Crippen molar-refractivity contribution in [2.45, 2.75) is 18.1 Å². The molecule has 17 heavy (non-hydrogen) atoms. The first kappa shape index (κ1) is 13.9. The Hall–Kier alpha value is -1.19. The Morgan fingerprint density at radius 3 is 2.59 bits per heavy atom. The summed E-state index contributed by atoms with van der Waals surface area (Å²) < 4.78 is 25.7. The molecule has 96 valence electrons. The highest BCUT2D eigenvalue weighted by Crippen LogP contribution is 2.34. The Bertz CT molecular complexity index is 521. The summed E-state index contributed by atoms with van der Waals surface area (Å²) in [6.07, 6.45) is 0. The standard InChI is InChI=1S/C8H13N3O4S2/c1-5(2)4-10-17(14,15)7-3-6(11(12)13)8(9)16-7/h3,5,10H,4,9H2,1-2H3. The van der Waals surface area contributed by atoms with Crippen molar-refractivity contribution in [2.24, 2.45) is 5.92 Å². The lowest BCUT2D eigenvalue weighted by Crippen LogP contribution is -2.26. The van der Waals surface area contributed by atoms with Gasteiger partial charge in [0.25, 0.3) is 0 Å². The summed E-state index contributed by atoms with van der Waals surface area (Å²) in [6, 6.07) is 0.975. The van der Waals surface area contributed by atoms with Crippen molar-refractivity contribution in [2.75, 3.05) is 12.3 Å². The molecule has 0 aliphatic rings. The molecule has 1 rings (SSSR count). The van der Waals surface area contributed by atoms with Crippen LogP contribution in [0.1, 0.15) is 13.8 Å². The normalized spacial score (nSPS) is 11.9. The van der Waals surface area contributed by atoms with Crippen LogP contribution in [0.2, 0.25) is 0 Å². The third kappa shape index (κ3) is 3.38. The van der Waals surface area contributed by atoms with Gasteiger partial charge in [0.2, 0.25) is 10.0 Å². The van der Waals surface area contributed by atoms with Crippen molar-refractivity contribution in [3.63, 3.8) is 0 Å². The SMILES string of the molecule is CC(C)CNS(=O)(=O)c1cc([N+](=O)[O-])c(N)s1. The summed E-state index contributed by atoms with van der Waals surface area (Å²) in [5.41, 5.74) is 5.00. The Kier molecular flexibility index (Phi) is 4.07. The summed E-state index contributed by atoms with van der Waals surface area (Å²) in [5, 5.41) is 10.4. The van der Waals surface area contributed by atoms with Crippen molar-refractivity contribution < 1.29 is 13.3 Å². The molecule has 0 aliphatic carbocycles.